The van der Waals surface area contributed by atoms with Crippen molar-refractivity contribution in [2.75, 3.05) is 27.4 Å². The Hall–Kier alpha value is -4.03. The van der Waals surface area contributed by atoms with Gasteiger partial charge in [0.05, 0.1) is 20.8 Å². The van der Waals surface area contributed by atoms with Gasteiger partial charge in [-0.05, 0) is 40.3 Å². The number of carbonyl (C=O) groups excluding carboxylic acids is 1. The first-order chi connectivity index (χ1) is 17.7. The molecule has 36 heavy (non-hydrogen) atoms. The lowest BCUT2D eigenvalue weighted by Crippen LogP contribution is -2.28. The minimum Gasteiger partial charge on any atom is -0.496 e. The van der Waals surface area contributed by atoms with Gasteiger partial charge in [-0.2, -0.15) is 0 Å². The van der Waals surface area contributed by atoms with Gasteiger partial charge >= 0.3 is 6.09 Å². The molecule has 0 unspecified atom stereocenters. The molecule has 2 N–H and O–H groups in total. The lowest BCUT2D eigenvalue weighted by atomic mass is 9.98. The largest absolute Gasteiger partial charge is 0.496 e. The number of ether oxygens (including phenoxy) is 3. The van der Waals surface area contributed by atoms with Gasteiger partial charge in [0.15, 0.2) is 0 Å². The Labute approximate surface area is 210 Å². The number of amides is 1. The highest BCUT2D eigenvalue weighted by atomic mass is 16.5. The normalized spacial score (nSPS) is 12.2. The molecule has 4 aromatic carbocycles. The van der Waals surface area contributed by atoms with E-state index in [9.17, 15) is 9.90 Å². The summed E-state index contributed by atoms with van der Waals surface area (Å²) in [5.74, 6) is 1.31. The molecule has 1 aliphatic rings. The second-order valence-electron chi connectivity index (χ2n) is 8.77. The van der Waals surface area contributed by atoms with E-state index in [1.165, 1.54) is 22.3 Å². The topological polar surface area (TPSA) is 77.0 Å². The molecule has 0 atom stereocenters. The fourth-order valence-electron chi connectivity index (χ4n) is 5.23. The smallest absolute Gasteiger partial charge is 0.407 e. The second-order valence-corrected chi connectivity index (χ2v) is 8.77. The Morgan fingerprint density at radius 3 is 2.22 bits per heavy atom. The van der Waals surface area contributed by atoms with Crippen molar-refractivity contribution in [3.8, 4) is 22.6 Å². The van der Waals surface area contributed by atoms with Crippen molar-refractivity contribution in [2.24, 2.45) is 0 Å². The van der Waals surface area contributed by atoms with Gasteiger partial charge < -0.3 is 24.6 Å². The molecular formula is C30H29NO5. The summed E-state index contributed by atoms with van der Waals surface area (Å²) in [6.45, 7) is 0.537. The SMILES string of the molecule is COc1c(CO)cc(OC)c2c(CCNC(=O)OCC3c4ccccc4-c4ccccc43)cccc12. The van der Waals surface area contributed by atoms with Gasteiger partial charge in [-0.25, -0.2) is 4.79 Å². The third-order valence-corrected chi connectivity index (χ3v) is 6.84. The molecule has 0 bridgehead atoms. The van der Waals surface area contributed by atoms with E-state index >= 15 is 0 Å². The van der Waals surface area contributed by atoms with Crippen LogP contribution in [0.3, 0.4) is 0 Å². The molecule has 0 spiro atoms. The van der Waals surface area contributed by atoms with Crippen molar-refractivity contribution < 1.29 is 24.1 Å². The van der Waals surface area contributed by atoms with E-state index in [2.05, 4.69) is 29.6 Å². The molecule has 184 valence electrons. The second kappa shape index (κ2) is 10.3. The van der Waals surface area contributed by atoms with E-state index in [-0.39, 0.29) is 19.1 Å². The number of rotatable bonds is 8. The van der Waals surface area contributed by atoms with Gasteiger partial charge in [-0.15, -0.1) is 0 Å². The fourth-order valence-corrected chi connectivity index (χ4v) is 5.23. The molecule has 0 heterocycles. The van der Waals surface area contributed by atoms with Crippen molar-refractivity contribution in [1.29, 1.82) is 0 Å². The monoisotopic (exact) mass is 483 g/mol. The summed E-state index contributed by atoms with van der Waals surface area (Å²) in [6.07, 6.45) is 0.142. The maximum Gasteiger partial charge on any atom is 0.407 e. The van der Waals surface area contributed by atoms with Crippen LogP contribution in [0.25, 0.3) is 21.9 Å². The van der Waals surface area contributed by atoms with E-state index in [1.54, 1.807) is 20.3 Å². The van der Waals surface area contributed by atoms with Crippen molar-refractivity contribution >= 4 is 16.9 Å². The van der Waals surface area contributed by atoms with Crippen LogP contribution >= 0.6 is 0 Å². The van der Waals surface area contributed by atoms with Gasteiger partial charge in [0.2, 0.25) is 0 Å². The first-order valence-electron chi connectivity index (χ1n) is 12.0. The lowest BCUT2D eigenvalue weighted by Gasteiger charge is -2.17. The van der Waals surface area contributed by atoms with Crippen molar-refractivity contribution in [3.63, 3.8) is 0 Å². The summed E-state index contributed by atoms with van der Waals surface area (Å²) >= 11 is 0. The molecule has 4 aromatic rings. The van der Waals surface area contributed by atoms with Gasteiger partial charge in [0.1, 0.15) is 18.1 Å². The molecular weight excluding hydrogens is 454 g/mol. The Morgan fingerprint density at radius 2 is 1.58 bits per heavy atom. The van der Waals surface area contributed by atoms with Gasteiger partial charge in [0.25, 0.3) is 0 Å². The van der Waals surface area contributed by atoms with E-state index in [4.69, 9.17) is 14.2 Å². The Bertz CT molecular complexity index is 1370. The minimum atomic E-state index is -0.441. The zero-order chi connectivity index (χ0) is 25.1. The molecule has 5 rings (SSSR count). The number of carbonyl (C=O) groups is 1. The van der Waals surface area contributed by atoms with Crippen LogP contribution in [0, 0.1) is 0 Å². The van der Waals surface area contributed by atoms with E-state index in [0.717, 1.165) is 16.3 Å². The summed E-state index contributed by atoms with van der Waals surface area (Å²) in [6, 6.07) is 24.2. The summed E-state index contributed by atoms with van der Waals surface area (Å²) in [5, 5.41) is 14.4. The van der Waals surface area contributed by atoms with E-state index in [1.807, 2.05) is 42.5 Å². The van der Waals surface area contributed by atoms with Crippen LogP contribution in [-0.4, -0.2) is 38.6 Å². The molecule has 1 aliphatic carbocycles. The molecule has 6 nitrogen and oxygen atoms in total. The molecule has 1 amide bonds. The van der Waals surface area contributed by atoms with Crippen LogP contribution in [0.1, 0.15) is 28.2 Å². The zero-order valence-electron chi connectivity index (χ0n) is 20.4. The van der Waals surface area contributed by atoms with Crippen LogP contribution in [0.5, 0.6) is 11.5 Å². The van der Waals surface area contributed by atoms with Gasteiger partial charge in [-0.3, -0.25) is 0 Å². The van der Waals surface area contributed by atoms with Gasteiger partial charge in [0, 0.05) is 28.8 Å². The maximum atomic E-state index is 12.6. The highest BCUT2D eigenvalue weighted by Gasteiger charge is 2.29. The number of hydrogen-bond acceptors (Lipinski definition) is 5. The van der Waals surface area contributed by atoms with E-state index < -0.39 is 6.09 Å². The molecule has 0 saturated heterocycles. The number of alkyl carbamates (subject to hydrolysis) is 1. The zero-order valence-corrected chi connectivity index (χ0v) is 20.4. The Balaban J connectivity index is 1.26. The average molecular weight is 484 g/mol. The standard InChI is InChI=1S/C30H29NO5/c1-34-27-16-20(17-32)29(35-2)25-13-7-8-19(28(25)27)14-15-31-30(33)36-18-26-23-11-5-3-9-21(23)22-10-4-6-12-24(22)26/h3-13,16,26,32H,14-15,17-18H2,1-2H3,(H,31,33). The Kier molecular flexibility index (Phi) is 6.78. The minimum absolute atomic E-state index is 0.0265. The highest BCUT2D eigenvalue weighted by Crippen LogP contribution is 2.44. The number of hydrogen-bond donors (Lipinski definition) is 2. The van der Waals surface area contributed by atoms with Gasteiger partial charge in [-0.1, -0.05) is 66.7 Å². The number of nitrogens with one attached hydrogen (secondary N) is 1. The van der Waals surface area contributed by atoms with Crippen LogP contribution in [-0.2, 0) is 17.8 Å². The molecule has 0 aromatic heterocycles. The van der Waals surface area contributed by atoms with Crippen LogP contribution < -0.4 is 14.8 Å². The number of aliphatic hydroxyl groups excluding tert-OH is 1. The summed E-state index contributed by atoms with van der Waals surface area (Å²) in [5.41, 5.74) is 6.44. The summed E-state index contributed by atoms with van der Waals surface area (Å²) in [7, 11) is 3.19. The number of methoxy groups -OCH3 is 2. The number of aliphatic hydroxyl groups is 1. The predicted octanol–water partition coefficient (Wildman–Crippen LogP) is 5.43. The third-order valence-electron chi connectivity index (χ3n) is 6.84. The quantitative estimate of drug-likeness (QED) is 0.349. The van der Waals surface area contributed by atoms with Crippen molar-refractivity contribution in [3.05, 3.63) is 95.1 Å². The van der Waals surface area contributed by atoms with E-state index in [0.29, 0.717) is 30.0 Å². The summed E-state index contributed by atoms with van der Waals surface area (Å²) in [4.78, 5) is 12.6. The Morgan fingerprint density at radius 1 is 0.889 bits per heavy atom. The third kappa shape index (κ3) is 4.25. The van der Waals surface area contributed by atoms with Crippen LogP contribution in [0.15, 0.2) is 72.8 Å². The predicted molar refractivity (Wildman–Crippen MR) is 140 cm³/mol. The fraction of sp³-hybridized carbons (Fsp3) is 0.233. The first-order valence-corrected chi connectivity index (χ1v) is 12.0. The highest BCUT2D eigenvalue weighted by molar-refractivity contribution is 5.97. The van der Waals surface area contributed by atoms with Crippen molar-refractivity contribution in [1.82, 2.24) is 5.32 Å². The molecule has 0 fully saturated rings. The molecule has 0 radical (unpaired) electrons. The first kappa shape index (κ1) is 23.7. The summed E-state index contributed by atoms with van der Waals surface area (Å²) < 4.78 is 16.8. The molecule has 6 heteroatoms. The lowest BCUT2D eigenvalue weighted by molar-refractivity contribution is 0.143. The molecule has 0 saturated carbocycles. The maximum absolute atomic E-state index is 12.6. The van der Waals surface area contributed by atoms with Crippen LogP contribution in [0.4, 0.5) is 4.79 Å². The van der Waals surface area contributed by atoms with Crippen LogP contribution in [0.2, 0.25) is 0 Å². The number of benzene rings is 4. The average Bonchev–Trinajstić information content (AvgIpc) is 3.24. The number of fused-ring (bicyclic) bond motifs is 4. The molecule has 0 aliphatic heterocycles. The van der Waals surface area contributed by atoms with Crippen molar-refractivity contribution in [2.45, 2.75) is 18.9 Å².